The van der Waals surface area contributed by atoms with E-state index in [1.54, 1.807) is 17.1 Å². The molecule has 1 aromatic carbocycles. The average Bonchev–Trinajstić information content (AvgIpc) is 3.46. The average molecular weight is 480 g/mol. The molecular weight excluding hydrogens is 454 g/mol. The Morgan fingerprint density at radius 2 is 1.76 bits per heavy atom. The zero-order valence-electron chi connectivity index (χ0n) is 18.6. The van der Waals surface area contributed by atoms with Crippen molar-refractivity contribution in [3.8, 4) is 16.8 Å². The summed E-state index contributed by atoms with van der Waals surface area (Å²) in [5.41, 5.74) is 15.1. The maximum absolute atomic E-state index is 12.7. The van der Waals surface area contributed by atoms with Gasteiger partial charge in [-0.05, 0) is 37.8 Å². The number of para-hydroxylation sites is 1. The van der Waals surface area contributed by atoms with E-state index in [0.29, 0.717) is 42.6 Å². The van der Waals surface area contributed by atoms with Crippen LogP contribution in [0, 0.1) is 5.92 Å². The molecule has 10 nitrogen and oxygen atoms in total. The lowest BCUT2D eigenvalue weighted by Crippen LogP contribution is -2.28. The Hall–Kier alpha value is -3.73. The van der Waals surface area contributed by atoms with Crippen molar-refractivity contribution in [1.82, 2.24) is 24.4 Å². The molecule has 0 spiro atoms. The van der Waals surface area contributed by atoms with Crippen molar-refractivity contribution in [2.75, 3.05) is 12.0 Å². The number of nitrogen functional groups attached to an aromatic ring is 1. The second-order valence-electron chi connectivity index (χ2n) is 8.74. The van der Waals surface area contributed by atoms with E-state index >= 15 is 0 Å². The number of fused-ring (bicyclic) bond motifs is 1. The van der Waals surface area contributed by atoms with Crippen molar-refractivity contribution < 1.29 is 13.2 Å². The number of rotatable bonds is 5. The highest BCUT2D eigenvalue weighted by molar-refractivity contribution is 7.91. The third-order valence-corrected chi connectivity index (χ3v) is 7.62. The molecule has 1 fully saturated rings. The number of carbonyl (C=O) groups is 1. The van der Waals surface area contributed by atoms with E-state index in [4.69, 9.17) is 16.5 Å². The molecule has 0 unspecified atom stereocenters. The lowest BCUT2D eigenvalue weighted by molar-refractivity contribution is -0.122. The standard InChI is InChI=1S/C23H25N7O3S/c1-34(32,33)20-19(14-7-9-15(10-8-14)22(25)31)28-23-18(12-27-30(23)21(20)24)16-11-26-29(13-16)17-5-3-2-4-6-17/h2-6,11-15H,7-10,24H2,1H3,(H2,25,31). The number of aromatic nitrogens is 5. The summed E-state index contributed by atoms with van der Waals surface area (Å²) in [6, 6.07) is 9.69. The summed E-state index contributed by atoms with van der Waals surface area (Å²) >= 11 is 0. The number of benzene rings is 1. The van der Waals surface area contributed by atoms with Gasteiger partial charge in [-0.3, -0.25) is 4.79 Å². The molecule has 11 heteroatoms. The van der Waals surface area contributed by atoms with Crippen LogP contribution >= 0.6 is 0 Å². The molecule has 1 aliphatic carbocycles. The molecule has 0 aliphatic heterocycles. The lowest BCUT2D eigenvalue weighted by Gasteiger charge is -2.27. The molecule has 3 aromatic heterocycles. The largest absolute Gasteiger partial charge is 0.382 e. The highest BCUT2D eigenvalue weighted by Gasteiger charge is 2.32. The fraction of sp³-hybridized carbons (Fsp3) is 0.304. The highest BCUT2D eigenvalue weighted by atomic mass is 32.2. The SMILES string of the molecule is CS(=O)(=O)c1c(C2CCC(C(N)=O)CC2)nc2c(-c3cnn(-c4ccccc4)c3)cnn2c1N. The van der Waals surface area contributed by atoms with Gasteiger partial charge in [-0.25, -0.2) is 18.1 Å². The van der Waals surface area contributed by atoms with Crippen LogP contribution in [0.25, 0.3) is 22.5 Å². The van der Waals surface area contributed by atoms with Gasteiger partial charge in [-0.2, -0.15) is 14.7 Å². The molecule has 34 heavy (non-hydrogen) atoms. The summed E-state index contributed by atoms with van der Waals surface area (Å²) in [5, 5.41) is 8.79. The van der Waals surface area contributed by atoms with Crippen LogP contribution < -0.4 is 11.5 Å². The molecule has 1 aliphatic rings. The van der Waals surface area contributed by atoms with Crippen LogP contribution in [0.2, 0.25) is 0 Å². The Labute approximate surface area is 196 Å². The number of anilines is 1. The van der Waals surface area contributed by atoms with Gasteiger partial charge in [-0.1, -0.05) is 18.2 Å². The molecule has 176 valence electrons. The number of primary amides is 1. The first-order valence-corrected chi connectivity index (χ1v) is 12.9. The van der Waals surface area contributed by atoms with Crippen LogP contribution in [-0.2, 0) is 14.6 Å². The number of carbonyl (C=O) groups excluding carboxylic acids is 1. The first-order valence-electron chi connectivity index (χ1n) is 11.0. The van der Waals surface area contributed by atoms with Gasteiger partial charge in [0.1, 0.15) is 10.7 Å². The quantitative estimate of drug-likeness (QED) is 0.446. The van der Waals surface area contributed by atoms with Gasteiger partial charge in [-0.15, -0.1) is 0 Å². The van der Waals surface area contributed by atoms with Gasteiger partial charge in [0.05, 0.1) is 23.8 Å². The molecule has 1 saturated carbocycles. The maximum atomic E-state index is 12.7. The van der Waals surface area contributed by atoms with E-state index in [1.165, 1.54) is 4.52 Å². The van der Waals surface area contributed by atoms with E-state index < -0.39 is 9.84 Å². The van der Waals surface area contributed by atoms with Crippen molar-refractivity contribution in [2.45, 2.75) is 36.5 Å². The molecule has 0 bridgehead atoms. The van der Waals surface area contributed by atoms with Crippen LogP contribution in [-0.4, -0.2) is 45.0 Å². The van der Waals surface area contributed by atoms with Gasteiger partial charge >= 0.3 is 0 Å². The molecule has 3 heterocycles. The van der Waals surface area contributed by atoms with E-state index in [9.17, 15) is 13.2 Å². The maximum Gasteiger partial charge on any atom is 0.220 e. The number of sulfone groups is 1. The summed E-state index contributed by atoms with van der Waals surface area (Å²) in [7, 11) is -3.68. The third kappa shape index (κ3) is 3.81. The van der Waals surface area contributed by atoms with Crippen molar-refractivity contribution in [2.24, 2.45) is 11.7 Å². The molecule has 0 radical (unpaired) electrons. The molecule has 4 N–H and O–H groups in total. The topological polar surface area (TPSA) is 151 Å². The van der Waals surface area contributed by atoms with Crippen LogP contribution in [0.1, 0.15) is 37.3 Å². The van der Waals surface area contributed by atoms with Crippen molar-refractivity contribution in [3.63, 3.8) is 0 Å². The predicted molar refractivity (Wildman–Crippen MR) is 127 cm³/mol. The summed E-state index contributed by atoms with van der Waals surface area (Å²) in [5.74, 6) is -0.643. The first kappa shape index (κ1) is 22.1. The summed E-state index contributed by atoms with van der Waals surface area (Å²) in [4.78, 5) is 16.4. The zero-order chi connectivity index (χ0) is 24.0. The molecular formula is C23H25N7O3S. The molecule has 4 aromatic rings. The molecule has 0 saturated heterocycles. The van der Waals surface area contributed by atoms with Gasteiger partial charge in [0, 0.05) is 35.4 Å². The van der Waals surface area contributed by atoms with E-state index in [1.807, 2.05) is 36.5 Å². The van der Waals surface area contributed by atoms with Crippen LogP contribution in [0.3, 0.4) is 0 Å². The number of hydrogen-bond acceptors (Lipinski definition) is 7. The van der Waals surface area contributed by atoms with E-state index in [-0.39, 0.29) is 28.5 Å². The van der Waals surface area contributed by atoms with Crippen LogP contribution in [0.5, 0.6) is 0 Å². The van der Waals surface area contributed by atoms with Gasteiger partial charge in [0.15, 0.2) is 15.5 Å². The second kappa shape index (κ2) is 8.24. The minimum absolute atomic E-state index is 0.00263. The van der Waals surface area contributed by atoms with E-state index in [2.05, 4.69) is 10.2 Å². The fourth-order valence-corrected chi connectivity index (χ4v) is 5.77. The zero-order valence-corrected chi connectivity index (χ0v) is 19.4. The van der Waals surface area contributed by atoms with Gasteiger partial charge in [0.2, 0.25) is 5.91 Å². The summed E-state index contributed by atoms with van der Waals surface area (Å²) in [6.07, 6.45) is 8.71. The Morgan fingerprint density at radius 3 is 2.41 bits per heavy atom. The van der Waals surface area contributed by atoms with Gasteiger partial charge < -0.3 is 11.5 Å². The molecule has 5 rings (SSSR count). The van der Waals surface area contributed by atoms with E-state index in [0.717, 1.165) is 17.5 Å². The number of nitrogens with two attached hydrogens (primary N) is 2. The smallest absolute Gasteiger partial charge is 0.220 e. The normalized spacial score (nSPS) is 18.9. The predicted octanol–water partition coefficient (Wildman–Crippen LogP) is 2.33. The fourth-order valence-electron chi connectivity index (χ4n) is 4.71. The van der Waals surface area contributed by atoms with Gasteiger partial charge in [0.25, 0.3) is 0 Å². The first-order chi connectivity index (χ1) is 16.2. The minimum Gasteiger partial charge on any atom is -0.382 e. The lowest BCUT2D eigenvalue weighted by atomic mass is 9.80. The Morgan fingerprint density at radius 1 is 1.06 bits per heavy atom. The Kier molecular flexibility index (Phi) is 5.35. The van der Waals surface area contributed by atoms with Crippen molar-refractivity contribution in [3.05, 3.63) is 54.6 Å². The monoisotopic (exact) mass is 479 g/mol. The van der Waals surface area contributed by atoms with Crippen LogP contribution in [0.15, 0.2) is 53.8 Å². The Balaban J connectivity index is 1.62. The van der Waals surface area contributed by atoms with Crippen molar-refractivity contribution >= 4 is 27.2 Å². The molecule has 0 atom stereocenters. The van der Waals surface area contributed by atoms with Crippen LogP contribution in [0.4, 0.5) is 5.82 Å². The second-order valence-corrected chi connectivity index (χ2v) is 10.7. The number of amides is 1. The number of hydrogen-bond donors (Lipinski definition) is 2. The molecule has 1 amide bonds. The van der Waals surface area contributed by atoms with Crippen molar-refractivity contribution in [1.29, 1.82) is 0 Å². The summed E-state index contributed by atoms with van der Waals surface area (Å²) < 4.78 is 28.6. The third-order valence-electron chi connectivity index (χ3n) is 6.47. The minimum atomic E-state index is -3.68. The Bertz CT molecular complexity index is 1480. The highest BCUT2D eigenvalue weighted by Crippen LogP contribution is 2.40. The summed E-state index contributed by atoms with van der Waals surface area (Å²) in [6.45, 7) is 0. The number of nitrogens with zero attached hydrogens (tertiary/aromatic N) is 5.